The first kappa shape index (κ1) is 19.8. The quantitative estimate of drug-likeness (QED) is 0.681. The van der Waals surface area contributed by atoms with Crippen LogP contribution >= 0.6 is 0 Å². The number of aromatic nitrogens is 2. The van der Waals surface area contributed by atoms with Crippen molar-refractivity contribution in [2.75, 3.05) is 5.32 Å². The lowest BCUT2D eigenvalue weighted by Crippen LogP contribution is -2.49. The highest BCUT2D eigenvalue weighted by Gasteiger charge is 2.30. The van der Waals surface area contributed by atoms with Crippen molar-refractivity contribution in [1.82, 2.24) is 14.5 Å². The first-order chi connectivity index (χ1) is 14.2. The molecular weight excluding hydrogens is 388 g/mol. The Morgan fingerprint density at radius 1 is 1.10 bits per heavy atom. The number of nitrogens with one attached hydrogen (secondary N) is 1. The molecule has 154 valence electrons. The van der Waals surface area contributed by atoms with Gasteiger partial charge in [0.15, 0.2) is 0 Å². The summed E-state index contributed by atoms with van der Waals surface area (Å²) in [5, 5.41) is 3.23. The Hall–Kier alpha value is -3.52. The summed E-state index contributed by atoms with van der Waals surface area (Å²) in [6.45, 7) is 3.50. The maximum absolute atomic E-state index is 13.9. The first-order valence-corrected chi connectivity index (χ1v) is 9.40. The zero-order valence-electron chi connectivity index (χ0n) is 16.6. The van der Waals surface area contributed by atoms with Crippen LogP contribution in [0.4, 0.5) is 20.3 Å². The highest BCUT2D eigenvalue weighted by Crippen LogP contribution is 2.34. The minimum Gasteiger partial charge on any atom is -0.339 e. The van der Waals surface area contributed by atoms with Crippen molar-refractivity contribution < 1.29 is 13.6 Å². The van der Waals surface area contributed by atoms with Crippen molar-refractivity contribution in [2.45, 2.75) is 25.9 Å². The number of carbonyl (C=O) groups is 1. The molecule has 0 fully saturated rings. The fourth-order valence-electron chi connectivity index (χ4n) is 3.24. The van der Waals surface area contributed by atoms with E-state index in [0.29, 0.717) is 28.6 Å². The Labute approximate surface area is 172 Å². The molecule has 1 aliphatic rings. The summed E-state index contributed by atoms with van der Waals surface area (Å²) >= 11 is 0. The lowest BCUT2D eigenvalue weighted by Gasteiger charge is -2.28. The molecule has 1 aromatic heterocycles. The van der Waals surface area contributed by atoms with Gasteiger partial charge in [-0.25, -0.2) is 13.8 Å². The van der Waals surface area contributed by atoms with E-state index in [9.17, 15) is 13.6 Å². The molecule has 0 atom stereocenters. The summed E-state index contributed by atoms with van der Waals surface area (Å²) in [6.07, 6.45) is 3.33. The number of hydrogen-bond acceptors (Lipinski definition) is 4. The molecule has 2 aromatic carbocycles. The molecule has 0 bridgehead atoms. The smallest absolute Gasteiger partial charge is 0.246 e. The summed E-state index contributed by atoms with van der Waals surface area (Å²) < 4.78 is 28.9. The highest BCUT2D eigenvalue weighted by molar-refractivity contribution is 5.87. The number of benzene rings is 2. The van der Waals surface area contributed by atoms with Gasteiger partial charge in [0.1, 0.15) is 29.0 Å². The number of halogens is 2. The summed E-state index contributed by atoms with van der Waals surface area (Å²) in [6, 6.07) is 12.0. The van der Waals surface area contributed by atoms with Gasteiger partial charge in [-0.3, -0.25) is 9.36 Å². The number of rotatable bonds is 4. The van der Waals surface area contributed by atoms with Gasteiger partial charge < -0.3 is 16.0 Å². The van der Waals surface area contributed by atoms with E-state index in [2.05, 4.69) is 10.3 Å². The number of fused-ring (bicyclic) bond motifs is 1. The van der Waals surface area contributed by atoms with E-state index >= 15 is 0 Å². The minimum absolute atomic E-state index is 0.212. The third-order valence-electron chi connectivity index (χ3n) is 4.71. The van der Waals surface area contributed by atoms with E-state index < -0.39 is 5.54 Å². The fourth-order valence-corrected chi connectivity index (χ4v) is 3.24. The zero-order valence-corrected chi connectivity index (χ0v) is 16.6. The van der Waals surface area contributed by atoms with Gasteiger partial charge in [0.2, 0.25) is 5.91 Å². The van der Waals surface area contributed by atoms with Crippen molar-refractivity contribution in [1.29, 1.82) is 0 Å². The summed E-state index contributed by atoms with van der Waals surface area (Å²) in [7, 11) is 0. The second-order valence-electron chi connectivity index (χ2n) is 7.69. The number of nitrogens with two attached hydrogens (primary N) is 1. The Morgan fingerprint density at radius 2 is 1.83 bits per heavy atom. The van der Waals surface area contributed by atoms with Gasteiger partial charge in [0.05, 0.1) is 12.1 Å². The Bertz CT molecular complexity index is 1130. The van der Waals surface area contributed by atoms with Gasteiger partial charge in [-0.15, -0.1) is 0 Å². The largest absolute Gasteiger partial charge is 0.339 e. The number of amides is 1. The first-order valence-electron chi connectivity index (χ1n) is 9.40. The van der Waals surface area contributed by atoms with Crippen LogP contribution < -0.4 is 11.1 Å². The third kappa shape index (κ3) is 3.81. The highest BCUT2D eigenvalue weighted by atomic mass is 19.1. The molecule has 3 N–H and O–H groups in total. The lowest BCUT2D eigenvalue weighted by molar-refractivity contribution is -0.133. The second-order valence-corrected chi connectivity index (χ2v) is 7.69. The van der Waals surface area contributed by atoms with E-state index in [4.69, 9.17) is 5.73 Å². The van der Waals surface area contributed by atoms with Gasteiger partial charge in [0.25, 0.3) is 0 Å². The summed E-state index contributed by atoms with van der Waals surface area (Å²) in [5.41, 5.74) is 6.66. The number of nitrogens with zero attached hydrogens (tertiary/aromatic N) is 3. The normalized spacial score (nSPS) is 13.3. The molecule has 0 saturated heterocycles. The summed E-state index contributed by atoms with van der Waals surface area (Å²) in [4.78, 5) is 18.7. The standard InChI is InChI=1S/C22H21F2N5O/c1-22(2,25)21(30)28-10-11-29-18(13-28)27-19(14-4-3-5-16(24)12-14)20(29)26-17-8-6-15(23)7-9-17/h3-12,26H,13,25H2,1-2H3. The van der Waals surface area contributed by atoms with Gasteiger partial charge in [0, 0.05) is 23.7 Å². The van der Waals surface area contributed by atoms with Crippen LogP contribution in [0.2, 0.25) is 0 Å². The molecule has 0 radical (unpaired) electrons. The molecule has 0 aliphatic carbocycles. The van der Waals surface area contributed by atoms with E-state index in [1.54, 1.807) is 55.1 Å². The molecule has 8 heteroatoms. The van der Waals surface area contributed by atoms with E-state index in [0.717, 1.165) is 0 Å². The van der Waals surface area contributed by atoms with Crippen LogP contribution in [0.15, 0.2) is 54.7 Å². The van der Waals surface area contributed by atoms with E-state index in [-0.39, 0.29) is 24.1 Å². The molecule has 3 aromatic rings. The monoisotopic (exact) mass is 409 g/mol. The van der Waals surface area contributed by atoms with Crippen LogP contribution in [0.25, 0.3) is 17.5 Å². The predicted octanol–water partition coefficient (Wildman–Crippen LogP) is 4.08. The van der Waals surface area contributed by atoms with Crippen molar-refractivity contribution in [2.24, 2.45) is 5.73 Å². The zero-order chi connectivity index (χ0) is 21.5. The molecular formula is C22H21F2N5O. The van der Waals surface area contributed by atoms with Gasteiger partial charge in [-0.05, 0) is 50.2 Å². The van der Waals surface area contributed by atoms with Crippen molar-refractivity contribution in [3.8, 4) is 11.3 Å². The molecule has 1 aliphatic heterocycles. The maximum atomic E-state index is 13.9. The van der Waals surface area contributed by atoms with Crippen molar-refractivity contribution in [3.05, 3.63) is 72.2 Å². The molecule has 6 nitrogen and oxygen atoms in total. The predicted molar refractivity (Wildman–Crippen MR) is 111 cm³/mol. The van der Waals surface area contributed by atoms with E-state index in [1.807, 2.05) is 0 Å². The molecule has 30 heavy (non-hydrogen) atoms. The van der Waals surface area contributed by atoms with Crippen LogP contribution in [0.5, 0.6) is 0 Å². The average Bonchev–Trinajstić information content (AvgIpc) is 3.06. The van der Waals surface area contributed by atoms with Crippen molar-refractivity contribution >= 4 is 23.6 Å². The average molecular weight is 409 g/mol. The van der Waals surface area contributed by atoms with Crippen LogP contribution in [0.1, 0.15) is 19.7 Å². The van der Waals surface area contributed by atoms with Gasteiger partial charge in [-0.2, -0.15) is 0 Å². The second kappa shape index (κ2) is 7.38. The summed E-state index contributed by atoms with van der Waals surface area (Å²) in [5.74, 6) is 0.188. The van der Waals surface area contributed by atoms with Crippen LogP contribution in [0, 0.1) is 11.6 Å². The van der Waals surface area contributed by atoms with Crippen LogP contribution in [-0.2, 0) is 11.3 Å². The number of carbonyl (C=O) groups excluding carboxylic acids is 1. The van der Waals surface area contributed by atoms with Gasteiger partial charge in [-0.1, -0.05) is 12.1 Å². The minimum atomic E-state index is -1.03. The molecule has 1 amide bonds. The third-order valence-corrected chi connectivity index (χ3v) is 4.71. The number of anilines is 2. The Kier molecular flexibility index (Phi) is 4.87. The Balaban J connectivity index is 1.78. The molecule has 0 saturated carbocycles. The fraction of sp³-hybridized carbons (Fsp3) is 0.182. The number of imidazole rings is 1. The molecule has 0 spiro atoms. The molecule has 2 heterocycles. The SMILES string of the molecule is CC(C)(N)C(=O)N1C=Cn2c(nc(-c3cccc(F)c3)c2Nc2ccc(F)cc2)C1. The number of hydrogen-bond donors (Lipinski definition) is 2. The molecule has 4 rings (SSSR count). The van der Waals surface area contributed by atoms with Crippen LogP contribution in [-0.4, -0.2) is 25.9 Å². The molecule has 0 unspecified atom stereocenters. The van der Waals surface area contributed by atoms with Crippen LogP contribution in [0.3, 0.4) is 0 Å². The topological polar surface area (TPSA) is 76.2 Å². The maximum Gasteiger partial charge on any atom is 0.246 e. The van der Waals surface area contributed by atoms with E-state index in [1.165, 1.54) is 29.2 Å². The Morgan fingerprint density at radius 3 is 2.50 bits per heavy atom. The van der Waals surface area contributed by atoms with Crippen molar-refractivity contribution in [3.63, 3.8) is 0 Å². The lowest BCUT2D eigenvalue weighted by atomic mass is 10.1. The van der Waals surface area contributed by atoms with Gasteiger partial charge >= 0.3 is 0 Å².